The van der Waals surface area contributed by atoms with E-state index >= 15 is 0 Å². The van der Waals surface area contributed by atoms with Crippen LogP contribution in [0.15, 0.2) is 42.9 Å². The molecule has 0 atom stereocenters. The van der Waals surface area contributed by atoms with Crippen LogP contribution in [0, 0.1) is 0 Å². The number of anilines is 1. The van der Waals surface area contributed by atoms with Gasteiger partial charge in [0.05, 0.1) is 7.11 Å². The predicted octanol–water partition coefficient (Wildman–Crippen LogP) is 2.72. The number of piperazine rings is 1. The van der Waals surface area contributed by atoms with Crippen LogP contribution in [0.3, 0.4) is 0 Å². The number of aryl methyl sites for hydroxylation is 1. The Morgan fingerprint density at radius 3 is 2.81 bits per heavy atom. The SMILES string of the molecule is COc1cc(N2CCN(CCCc3c[nH]c4ccccc34)CC2)ncn1. The zero-order valence-corrected chi connectivity index (χ0v) is 15.2. The molecular weight excluding hydrogens is 326 g/mol. The number of aromatic amines is 1. The minimum Gasteiger partial charge on any atom is -0.481 e. The van der Waals surface area contributed by atoms with E-state index in [0.29, 0.717) is 5.88 Å². The molecule has 0 spiro atoms. The first kappa shape index (κ1) is 16.8. The molecule has 1 fully saturated rings. The van der Waals surface area contributed by atoms with Gasteiger partial charge in [0, 0.05) is 49.3 Å². The maximum Gasteiger partial charge on any atom is 0.218 e. The van der Waals surface area contributed by atoms with Gasteiger partial charge in [-0.2, -0.15) is 0 Å². The van der Waals surface area contributed by atoms with E-state index < -0.39 is 0 Å². The second-order valence-corrected chi connectivity index (χ2v) is 6.71. The van der Waals surface area contributed by atoms with E-state index in [9.17, 15) is 0 Å². The molecule has 6 heteroatoms. The summed E-state index contributed by atoms with van der Waals surface area (Å²) in [5.74, 6) is 1.58. The van der Waals surface area contributed by atoms with Gasteiger partial charge in [0.1, 0.15) is 12.1 Å². The van der Waals surface area contributed by atoms with Gasteiger partial charge >= 0.3 is 0 Å². The van der Waals surface area contributed by atoms with Crippen molar-refractivity contribution in [2.45, 2.75) is 12.8 Å². The normalized spacial score (nSPS) is 15.5. The fourth-order valence-corrected chi connectivity index (χ4v) is 3.65. The van der Waals surface area contributed by atoms with Crippen LogP contribution in [0.4, 0.5) is 5.82 Å². The Labute approximate surface area is 153 Å². The lowest BCUT2D eigenvalue weighted by Crippen LogP contribution is -2.47. The average Bonchev–Trinajstić information content (AvgIpc) is 3.12. The number of benzene rings is 1. The molecule has 26 heavy (non-hydrogen) atoms. The highest BCUT2D eigenvalue weighted by Gasteiger charge is 2.18. The Morgan fingerprint density at radius 2 is 1.96 bits per heavy atom. The van der Waals surface area contributed by atoms with Crippen molar-refractivity contribution in [1.82, 2.24) is 19.9 Å². The first-order valence-electron chi connectivity index (χ1n) is 9.22. The van der Waals surface area contributed by atoms with E-state index in [2.05, 4.69) is 55.2 Å². The van der Waals surface area contributed by atoms with Crippen LogP contribution < -0.4 is 9.64 Å². The Balaban J connectivity index is 1.26. The van der Waals surface area contributed by atoms with E-state index in [1.54, 1.807) is 13.4 Å². The third-order valence-corrected chi connectivity index (χ3v) is 5.13. The maximum atomic E-state index is 5.20. The number of hydrogen-bond acceptors (Lipinski definition) is 5. The number of methoxy groups -OCH3 is 1. The van der Waals surface area contributed by atoms with Gasteiger partial charge in [-0.25, -0.2) is 9.97 Å². The van der Waals surface area contributed by atoms with Crippen molar-refractivity contribution in [3.8, 4) is 5.88 Å². The molecule has 1 aromatic carbocycles. The molecule has 0 unspecified atom stereocenters. The molecule has 1 saturated heterocycles. The summed E-state index contributed by atoms with van der Waals surface area (Å²) < 4.78 is 5.20. The van der Waals surface area contributed by atoms with Gasteiger partial charge in [0.15, 0.2) is 0 Å². The fraction of sp³-hybridized carbons (Fsp3) is 0.400. The lowest BCUT2D eigenvalue weighted by molar-refractivity contribution is 0.254. The Hall–Kier alpha value is -2.60. The van der Waals surface area contributed by atoms with Crippen molar-refractivity contribution in [3.63, 3.8) is 0 Å². The maximum absolute atomic E-state index is 5.20. The van der Waals surface area contributed by atoms with Gasteiger partial charge < -0.3 is 14.6 Å². The molecule has 0 radical (unpaired) electrons. The lowest BCUT2D eigenvalue weighted by Gasteiger charge is -2.35. The molecular formula is C20H25N5O. The summed E-state index contributed by atoms with van der Waals surface area (Å²) in [5, 5.41) is 1.36. The van der Waals surface area contributed by atoms with Crippen molar-refractivity contribution in [3.05, 3.63) is 48.4 Å². The minimum atomic E-state index is 0.621. The minimum absolute atomic E-state index is 0.621. The van der Waals surface area contributed by atoms with Crippen LogP contribution in [-0.2, 0) is 6.42 Å². The number of ether oxygens (including phenoxy) is 1. The Kier molecular flexibility index (Phi) is 5.02. The van der Waals surface area contributed by atoms with Crippen LogP contribution in [-0.4, -0.2) is 59.7 Å². The zero-order valence-electron chi connectivity index (χ0n) is 15.2. The van der Waals surface area contributed by atoms with E-state index in [-0.39, 0.29) is 0 Å². The van der Waals surface area contributed by atoms with Crippen LogP contribution in [0.2, 0.25) is 0 Å². The van der Waals surface area contributed by atoms with Crippen LogP contribution in [0.1, 0.15) is 12.0 Å². The molecule has 3 heterocycles. The molecule has 3 aromatic rings. The van der Waals surface area contributed by atoms with Gasteiger partial charge in [-0.05, 0) is 31.0 Å². The molecule has 4 rings (SSSR count). The second-order valence-electron chi connectivity index (χ2n) is 6.71. The highest BCUT2D eigenvalue weighted by molar-refractivity contribution is 5.82. The highest BCUT2D eigenvalue weighted by atomic mass is 16.5. The van der Waals surface area contributed by atoms with Crippen molar-refractivity contribution in [2.24, 2.45) is 0 Å². The number of fused-ring (bicyclic) bond motifs is 1. The summed E-state index contributed by atoms with van der Waals surface area (Å²) in [6.07, 6.45) is 6.03. The summed E-state index contributed by atoms with van der Waals surface area (Å²) >= 11 is 0. The van der Waals surface area contributed by atoms with Gasteiger partial charge in [0.2, 0.25) is 5.88 Å². The van der Waals surface area contributed by atoms with E-state index in [1.807, 2.05) is 6.07 Å². The van der Waals surface area contributed by atoms with Gasteiger partial charge in [-0.1, -0.05) is 18.2 Å². The van der Waals surface area contributed by atoms with Crippen LogP contribution in [0.25, 0.3) is 10.9 Å². The smallest absolute Gasteiger partial charge is 0.218 e. The van der Waals surface area contributed by atoms with Crippen LogP contribution in [0.5, 0.6) is 5.88 Å². The van der Waals surface area contributed by atoms with Crippen molar-refractivity contribution >= 4 is 16.7 Å². The molecule has 0 aliphatic carbocycles. The number of hydrogen-bond donors (Lipinski definition) is 1. The van der Waals surface area contributed by atoms with Crippen molar-refractivity contribution < 1.29 is 4.74 Å². The topological polar surface area (TPSA) is 57.3 Å². The number of para-hydroxylation sites is 1. The Morgan fingerprint density at radius 1 is 1.12 bits per heavy atom. The van der Waals surface area contributed by atoms with E-state index in [0.717, 1.165) is 45.0 Å². The van der Waals surface area contributed by atoms with Gasteiger partial charge in [-0.15, -0.1) is 0 Å². The standard InChI is InChI=1S/C20H25N5O/c1-26-20-13-19(22-15-23-20)25-11-9-24(10-12-25)8-4-5-16-14-21-18-7-3-2-6-17(16)18/h2-3,6-7,13-15,21H,4-5,8-12H2,1H3. The molecule has 0 saturated carbocycles. The van der Waals surface area contributed by atoms with Crippen molar-refractivity contribution in [1.29, 1.82) is 0 Å². The van der Waals surface area contributed by atoms with Crippen molar-refractivity contribution in [2.75, 3.05) is 44.7 Å². The fourth-order valence-electron chi connectivity index (χ4n) is 3.65. The molecule has 0 bridgehead atoms. The number of nitrogens with zero attached hydrogens (tertiary/aromatic N) is 4. The third kappa shape index (κ3) is 3.65. The third-order valence-electron chi connectivity index (χ3n) is 5.13. The number of aromatic nitrogens is 3. The average molecular weight is 351 g/mol. The number of rotatable bonds is 6. The zero-order chi connectivity index (χ0) is 17.8. The summed E-state index contributed by atoms with van der Waals surface area (Å²) in [6.45, 7) is 5.27. The first-order valence-corrected chi connectivity index (χ1v) is 9.22. The molecule has 1 aliphatic heterocycles. The van der Waals surface area contributed by atoms with Gasteiger partial charge in [0.25, 0.3) is 0 Å². The molecule has 1 aliphatic rings. The van der Waals surface area contributed by atoms with Gasteiger partial charge in [-0.3, -0.25) is 4.90 Å². The monoisotopic (exact) mass is 351 g/mol. The molecule has 136 valence electrons. The molecule has 1 N–H and O–H groups in total. The second kappa shape index (κ2) is 7.74. The van der Waals surface area contributed by atoms with Crippen LogP contribution >= 0.6 is 0 Å². The molecule has 6 nitrogen and oxygen atoms in total. The highest BCUT2D eigenvalue weighted by Crippen LogP contribution is 2.20. The molecule has 2 aromatic heterocycles. The summed E-state index contributed by atoms with van der Waals surface area (Å²) in [5.41, 5.74) is 2.66. The first-order chi connectivity index (χ1) is 12.8. The molecule has 0 amide bonds. The number of H-pyrrole nitrogens is 1. The van der Waals surface area contributed by atoms with E-state index in [4.69, 9.17) is 4.74 Å². The quantitative estimate of drug-likeness (QED) is 0.740. The number of nitrogens with one attached hydrogen (secondary N) is 1. The Bertz CT molecular complexity index is 854. The van der Waals surface area contributed by atoms with E-state index in [1.165, 1.54) is 22.9 Å². The lowest BCUT2D eigenvalue weighted by atomic mass is 10.1. The largest absolute Gasteiger partial charge is 0.481 e. The summed E-state index contributed by atoms with van der Waals surface area (Å²) in [4.78, 5) is 16.7. The summed E-state index contributed by atoms with van der Waals surface area (Å²) in [7, 11) is 1.64. The summed E-state index contributed by atoms with van der Waals surface area (Å²) in [6, 6.07) is 10.4. The predicted molar refractivity (Wildman–Crippen MR) is 104 cm³/mol.